The summed E-state index contributed by atoms with van der Waals surface area (Å²) in [6.07, 6.45) is 0. The molecule has 1 N–H and O–H groups in total. The van der Waals surface area contributed by atoms with E-state index < -0.39 is 16.2 Å². The van der Waals surface area contributed by atoms with E-state index in [1.165, 1.54) is 17.0 Å². The summed E-state index contributed by atoms with van der Waals surface area (Å²) in [6, 6.07) is 22.5. The molecule has 0 unspecified atom stereocenters. The summed E-state index contributed by atoms with van der Waals surface area (Å²) >= 11 is 3.97. The van der Waals surface area contributed by atoms with E-state index in [2.05, 4.69) is 40.2 Å². The second kappa shape index (κ2) is 5.57. The zero-order chi connectivity index (χ0) is 19.9. The summed E-state index contributed by atoms with van der Waals surface area (Å²) in [6.45, 7) is 0. The van der Waals surface area contributed by atoms with Gasteiger partial charge in [0.15, 0.2) is 0 Å². The summed E-state index contributed by atoms with van der Waals surface area (Å²) in [7, 11) is 0. The third-order valence-corrected chi connectivity index (χ3v) is 7.95. The van der Waals surface area contributed by atoms with Gasteiger partial charge in [-0.3, -0.25) is 9.59 Å². The molecular formula is C24H16BrNO3. The number of carbonyl (C=O) groups is 2. The van der Waals surface area contributed by atoms with Gasteiger partial charge >= 0.3 is 0 Å². The highest BCUT2D eigenvalue weighted by Gasteiger charge is 2.67. The lowest BCUT2D eigenvalue weighted by atomic mass is 9.55. The third kappa shape index (κ3) is 1.94. The molecule has 2 atom stereocenters. The first-order chi connectivity index (χ1) is 14.0. The molecule has 5 heteroatoms. The molecule has 4 nitrogen and oxygen atoms in total. The summed E-state index contributed by atoms with van der Waals surface area (Å²) < 4.78 is -0.752. The number of halogens is 1. The van der Waals surface area contributed by atoms with Crippen molar-refractivity contribution < 1.29 is 14.7 Å². The molecule has 0 radical (unpaired) electrons. The smallest absolute Gasteiger partial charge is 0.239 e. The number of imide groups is 1. The Morgan fingerprint density at radius 2 is 1.45 bits per heavy atom. The van der Waals surface area contributed by atoms with Crippen LogP contribution in [0.3, 0.4) is 0 Å². The Labute approximate surface area is 175 Å². The Bertz CT molecular complexity index is 1170. The van der Waals surface area contributed by atoms with E-state index in [1.807, 2.05) is 24.3 Å². The molecule has 142 valence electrons. The maximum atomic E-state index is 13.7. The lowest BCUT2D eigenvalue weighted by Gasteiger charge is -2.51. The van der Waals surface area contributed by atoms with Crippen molar-refractivity contribution in [2.24, 2.45) is 11.8 Å². The molecule has 0 saturated carbocycles. The molecule has 1 aliphatic heterocycles. The second-order valence-corrected chi connectivity index (χ2v) is 9.15. The van der Waals surface area contributed by atoms with Gasteiger partial charge in [0.25, 0.3) is 0 Å². The van der Waals surface area contributed by atoms with E-state index >= 15 is 0 Å². The topological polar surface area (TPSA) is 57.6 Å². The van der Waals surface area contributed by atoms with Crippen LogP contribution in [0, 0.1) is 11.8 Å². The van der Waals surface area contributed by atoms with Gasteiger partial charge in [0.2, 0.25) is 11.8 Å². The number of benzene rings is 3. The molecule has 1 fully saturated rings. The molecule has 2 amide bonds. The Kier molecular flexibility index (Phi) is 3.26. The second-order valence-electron chi connectivity index (χ2n) is 7.90. The first-order valence-corrected chi connectivity index (χ1v) is 10.4. The van der Waals surface area contributed by atoms with Crippen molar-refractivity contribution in [3.63, 3.8) is 0 Å². The van der Waals surface area contributed by atoms with Crippen LogP contribution in [0.4, 0.5) is 5.69 Å². The van der Waals surface area contributed by atoms with Crippen LogP contribution in [-0.4, -0.2) is 16.9 Å². The SMILES string of the molecule is O=C1[C@@H]2C3c4ccccc4C(Br)(c4ccccc43)[C@@H]2C(=O)N1c1cccc(O)c1. The molecule has 3 aromatic carbocycles. The van der Waals surface area contributed by atoms with E-state index in [-0.39, 0.29) is 23.5 Å². The van der Waals surface area contributed by atoms with Gasteiger partial charge < -0.3 is 5.11 Å². The van der Waals surface area contributed by atoms with Crippen LogP contribution in [0.5, 0.6) is 5.75 Å². The van der Waals surface area contributed by atoms with E-state index in [0.717, 1.165) is 22.3 Å². The largest absolute Gasteiger partial charge is 0.508 e. The maximum absolute atomic E-state index is 13.7. The highest BCUT2D eigenvalue weighted by Crippen LogP contribution is 2.66. The van der Waals surface area contributed by atoms with Crippen molar-refractivity contribution >= 4 is 33.4 Å². The maximum Gasteiger partial charge on any atom is 0.239 e. The highest BCUT2D eigenvalue weighted by atomic mass is 79.9. The molecule has 7 rings (SSSR count). The van der Waals surface area contributed by atoms with Crippen LogP contribution in [0.2, 0.25) is 0 Å². The van der Waals surface area contributed by atoms with Crippen LogP contribution >= 0.6 is 15.9 Å². The molecule has 4 aliphatic rings. The standard InChI is InChI=1S/C24H16BrNO3/c25-24-17-10-3-1-8-15(17)19(16-9-2-4-11-18(16)24)20-21(24)23(29)26(22(20)28)13-6-5-7-14(27)12-13/h1-12,19-21,27H/t19?,20-,21+,24?/m1/s1. The summed E-state index contributed by atoms with van der Waals surface area (Å²) in [5.41, 5.74) is 4.73. The summed E-state index contributed by atoms with van der Waals surface area (Å²) in [4.78, 5) is 28.5. The number of amides is 2. The first-order valence-electron chi connectivity index (χ1n) is 9.58. The third-order valence-electron chi connectivity index (χ3n) is 6.60. The van der Waals surface area contributed by atoms with E-state index in [1.54, 1.807) is 12.1 Å². The molecule has 0 spiro atoms. The van der Waals surface area contributed by atoms with Gasteiger partial charge in [-0.25, -0.2) is 4.90 Å². The van der Waals surface area contributed by atoms with Gasteiger partial charge in [-0.15, -0.1) is 0 Å². The number of carbonyl (C=O) groups excluding carboxylic acids is 2. The average Bonchev–Trinajstić information content (AvgIpc) is 3.00. The Morgan fingerprint density at radius 3 is 2.07 bits per heavy atom. The monoisotopic (exact) mass is 445 g/mol. The normalized spacial score (nSPS) is 28.9. The molecule has 1 saturated heterocycles. The van der Waals surface area contributed by atoms with E-state index in [9.17, 15) is 14.7 Å². The van der Waals surface area contributed by atoms with E-state index in [4.69, 9.17) is 0 Å². The first kappa shape index (κ1) is 17.0. The van der Waals surface area contributed by atoms with Gasteiger partial charge in [0.1, 0.15) is 5.75 Å². The number of anilines is 1. The lowest BCUT2D eigenvalue weighted by molar-refractivity contribution is -0.122. The zero-order valence-corrected chi connectivity index (χ0v) is 16.8. The van der Waals surface area contributed by atoms with Crippen molar-refractivity contribution in [1.29, 1.82) is 0 Å². The van der Waals surface area contributed by atoms with Gasteiger partial charge in [0.05, 0.1) is 21.8 Å². The summed E-state index contributed by atoms with van der Waals surface area (Å²) in [5.74, 6) is -1.58. The fourth-order valence-electron chi connectivity index (χ4n) is 5.57. The fourth-order valence-corrected chi connectivity index (χ4v) is 6.77. The molecule has 29 heavy (non-hydrogen) atoms. The minimum atomic E-state index is -0.752. The van der Waals surface area contributed by atoms with Crippen LogP contribution in [0.15, 0.2) is 72.8 Å². The van der Waals surface area contributed by atoms with Crippen molar-refractivity contribution in [3.05, 3.63) is 95.1 Å². The molecule has 2 bridgehead atoms. The van der Waals surface area contributed by atoms with Crippen LogP contribution in [0.25, 0.3) is 0 Å². The number of hydrogen-bond acceptors (Lipinski definition) is 3. The van der Waals surface area contributed by atoms with Crippen LogP contribution < -0.4 is 4.90 Å². The fraction of sp³-hybridized carbons (Fsp3) is 0.167. The van der Waals surface area contributed by atoms with Gasteiger partial charge in [-0.1, -0.05) is 70.5 Å². The predicted octanol–water partition coefficient (Wildman–Crippen LogP) is 4.30. The minimum Gasteiger partial charge on any atom is -0.508 e. The number of nitrogens with zero attached hydrogens (tertiary/aromatic N) is 1. The molecule has 0 aromatic heterocycles. The number of rotatable bonds is 1. The molecule has 3 aliphatic carbocycles. The number of aromatic hydroxyl groups is 1. The number of phenols is 1. The van der Waals surface area contributed by atoms with Crippen molar-refractivity contribution in [2.75, 3.05) is 4.90 Å². The Morgan fingerprint density at radius 1 is 0.828 bits per heavy atom. The van der Waals surface area contributed by atoms with Crippen LogP contribution in [-0.2, 0) is 13.9 Å². The van der Waals surface area contributed by atoms with E-state index in [0.29, 0.717) is 5.69 Å². The van der Waals surface area contributed by atoms with Crippen LogP contribution in [0.1, 0.15) is 28.2 Å². The molecule has 3 aromatic rings. The highest BCUT2D eigenvalue weighted by molar-refractivity contribution is 9.09. The Hall–Kier alpha value is -2.92. The predicted molar refractivity (Wildman–Crippen MR) is 112 cm³/mol. The van der Waals surface area contributed by atoms with Crippen molar-refractivity contribution in [2.45, 2.75) is 10.2 Å². The zero-order valence-electron chi connectivity index (χ0n) is 15.2. The molecule has 1 heterocycles. The number of hydrogen-bond donors (Lipinski definition) is 1. The van der Waals surface area contributed by atoms with Crippen molar-refractivity contribution in [1.82, 2.24) is 0 Å². The number of alkyl halides is 1. The summed E-state index contributed by atoms with van der Waals surface area (Å²) in [5, 5.41) is 9.90. The van der Waals surface area contributed by atoms with Gasteiger partial charge in [-0.05, 0) is 34.4 Å². The van der Waals surface area contributed by atoms with Gasteiger partial charge in [0, 0.05) is 12.0 Å². The van der Waals surface area contributed by atoms with Gasteiger partial charge in [-0.2, -0.15) is 0 Å². The quantitative estimate of drug-likeness (QED) is 0.448. The van der Waals surface area contributed by atoms with Crippen molar-refractivity contribution in [3.8, 4) is 5.75 Å². The number of phenolic OH excluding ortho intramolecular Hbond substituents is 1. The molecular weight excluding hydrogens is 430 g/mol. The average molecular weight is 446 g/mol. The minimum absolute atomic E-state index is 0.0288. The lowest BCUT2D eigenvalue weighted by Crippen LogP contribution is -2.50. The Balaban J connectivity index is 1.63.